The van der Waals surface area contributed by atoms with Crippen LogP contribution in [-0.2, 0) is 13.0 Å². The lowest BCUT2D eigenvalue weighted by molar-refractivity contribution is 0.0739. The number of hydrogen-bond donors (Lipinski definition) is 2. The van der Waals surface area contributed by atoms with E-state index in [1.807, 2.05) is 11.8 Å². The average molecular weight is 346 g/mol. The first kappa shape index (κ1) is 15.6. The smallest absolute Gasteiger partial charge is 0.274 e. The van der Waals surface area contributed by atoms with Gasteiger partial charge in [-0.1, -0.05) is 0 Å². The molecular weight excluding hydrogens is 324 g/mol. The van der Waals surface area contributed by atoms with Crippen LogP contribution in [0.5, 0.6) is 0 Å². The van der Waals surface area contributed by atoms with E-state index in [0.717, 1.165) is 54.7 Å². The number of aromatic nitrogens is 3. The van der Waals surface area contributed by atoms with Crippen LogP contribution in [-0.4, -0.2) is 58.7 Å². The van der Waals surface area contributed by atoms with E-state index in [9.17, 15) is 4.79 Å². The van der Waals surface area contributed by atoms with E-state index in [4.69, 9.17) is 0 Å². The number of nitrogens with one attached hydrogen (secondary N) is 2. The Labute approximate surface area is 145 Å². The van der Waals surface area contributed by atoms with Gasteiger partial charge in [-0.05, 0) is 13.8 Å². The van der Waals surface area contributed by atoms with Gasteiger partial charge in [0.05, 0.1) is 5.69 Å². The minimum absolute atomic E-state index is 0.0438. The van der Waals surface area contributed by atoms with Gasteiger partial charge in [-0.3, -0.25) is 9.89 Å². The number of amides is 1. The first-order valence-electron chi connectivity index (χ1n) is 8.38. The summed E-state index contributed by atoms with van der Waals surface area (Å²) in [7, 11) is 0. The molecule has 4 rings (SSSR count). The molecule has 0 unspecified atom stereocenters. The van der Waals surface area contributed by atoms with Crippen molar-refractivity contribution in [2.75, 3.05) is 37.6 Å². The molecule has 2 aliphatic rings. The first-order valence-corrected chi connectivity index (χ1v) is 9.20. The molecule has 0 saturated carbocycles. The van der Waals surface area contributed by atoms with Crippen molar-refractivity contribution < 1.29 is 4.79 Å². The van der Waals surface area contributed by atoms with Gasteiger partial charge in [-0.15, -0.1) is 11.3 Å². The molecule has 2 aliphatic heterocycles. The largest absolute Gasteiger partial charge is 0.345 e. The molecule has 2 aromatic heterocycles. The fourth-order valence-corrected chi connectivity index (χ4v) is 4.21. The fourth-order valence-electron chi connectivity index (χ4n) is 3.24. The van der Waals surface area contributed by atoms with Gasteiger partial charge in [-0.25, -0.2) is 4.98 Å². The van der Waals surface area contributed by atoms with Gasteiger partial charge in [0, 0.05) is 61.8 Å². The lowest BCUT2D eigenvalue weighted by Gasteiger charge is -2.34. The molecule has 0 aromatic carbocycles. The van der Waals surface area contributed by atoms with Crippen molar-refractivity contribution in [3.05, 3.63) is 27.5 Å². The summed E-state index contributed by atoms with van der Waals surface area (Å²) in [5.41, 5.74) is 3.83. The Morgan fingerprint density at radius 3 is 2.71 bits per heavy atom. The van der Waals surface area contributed by atoms with Crippen LogP contribution < -0.4 is 10.2 Å². The van der Waals surface area contributed by atoms with Crippen molar-refractivity contribution in [1.82, 2.24) is 25.4 Å². The van der Waals surface area contributed by atoms with E-state index in [2.05, 4.69) is 32.3 Å². The van der Waals surface area contributed by atoms with Crippen LogP contribution in [0.4, 0.5) is 5.13 Å². The molecule has 1 fully saturated rings. The Morgan fingerprint density at radius 1 is 1.21 bits per heavy atom. The number of carbonyl (C=O) groups excluding carboxylic acids is 1. The van der Waals surface area contributed by atoms with Crippen molar-refractivity contribution in [3.63, 3.8) is 0 Å². The maximum Gasteiger partial charge on any atom is 0.274 e. The van der Waals surface area contributed by atoms with Crippen LogP contribution in [0.15, 0.2) is 0 Å². The lowest BCUT2D eigenvalue weighted by atomic mass is 10.1. The Morgan fingerprint density at radius 2 is 2.00 bits per heavy atom. The molecule has 0 radical (unpaired) electrons. The predicted octanol–water partition coefficient (Wildman–Crippen LogP) is 1.09. The Kier molecular flexibility index (Phi) is 4.01. The highest BCUT2D eigenvalue weighted by Crippen LogP contribution is 2.26. The number of nitrogens with zero attached hydrogens (tertiary/aromatic N) is 4. The van der Waals surface area contributed by atoms with Crippen molar-refractivity contribution in [1.29, 1.82) is 0 Å². The van der Waals surface area contributed by atoms with Crippen LogP contribution in [0, 0.1) is 13.8 Å². The van der Waals surface area contributed by atoms with Crippen molar-refractivity contribution in [3.8, 4) is 0 Å². The normalized spacial score (nSPS) is 17.9. The molecule has 2 N–H and O–H groups in total. The molecule has 0 aliphatic carbocycles. The quantitative estimate of drug-likeness (QED) is 0.851. The molecule has 7 nitrogen and oxygen atoms in total. The Balaban J connectivity index is 1.44. The first-order chi connectivity index (χ1) is 11.6. The van der Waals surface area contributed by atoms with E-state index in [1.54, 1.807) is 11.3 Å². The molecule has 128 valence electrons. The van der Waals surface area contributed by atoms with Gasteiger partial charge in [0.25, 0.3) is 5.91 Å². The van der Waals surface area contributed by atoms with Gasteiger partial charge in [0.15, 0.2) is 10.8 Å². The van der Waals surface area contributed by atoms with Gasteiger partial charge < -0.3 is 15.1 Å². The van der Waals surface area contributed by atoms with Crippen LogP contribution in [0.25, 0.3) is 0 Å². The molecule has 1 saturated heterocycles. The van der Waals surface area contributed by atoms with Crippen LogP contribution in [0.3, 0.4) is 0 Å². The zero-order valence-electron chi connectivity index (χ0n) is 14.1. The zero-order valence-corrected chi connectivity index (χ0v) is 14.9. The maximum atomic E-state index is 12.8. The number of fused-ring (bicyclic) bond motifs is 1. The topological polar surface area (TPSA) is 77.2 Å². The summed E-state index contributed by atoms with van der Waals surface area (Å²) in [4.78, 5) is 22.9. The van der Waals surface area contributed by atoms with Gasteiger partial charge in [0.2, 0.25) is 0 Å². The van der Waals surface area contributed by atoms with Crippen LogP contribution in [0.2, 0.25) is 0 Å². The van der Waals surface area contributed by atoms with Gasteiger partial charge >= 0.3 is 0 Å². The Bertz CT molecular complexity index is 739. The number of H-pyrrole nitrogens is 1. The molecule has 0 atom stereocenters. The summed E-state index contributed by atoms with van der Waals surface area (Å²) in [6.45, 7) is 8.89. The molecule has 0 spiro atoms. The van der Waals surface area contributed by atoms with E-state index < -0.39 is 0 Å². The van der Waals surface area contributed by atoms with Crippen LogP contribution in [0.1, 0.15) is 32.3 Å². The summed E-state index contributed by atoms with van der Waals surface area (Å²) in [6, 6.07) is 0. The predicted molar refractivity (Wildman–Crippen MR) is 93.7 cm³/mol. The summed E-state index contributed by atoms with van der Waals surface area (Å²) < 4.78 is 0. The minimum atomic E-state index is 0.0438. The minimum Gasteiger partial charge on any atom is -0.345 e. The third-order valence-corrected chi connectivity index (χ3v) is 6.00. The number of aromatic amines is 1. The van der Waals surface area contributed by atoms with E-state index >= 15 is 0 Å². The molecule has 0 bridgehead atoms. The Hall–Kier alpha value is -1.93. The standard InChI is InChI=1S/C16H22N6OS/c1-10-11(2)24-16(18-10)22-7-5-21(6-8-22)15(23)14-12-9-17-4-3-13(12)19-20-14/h17H,3-9H2,1-2H3,(H,19,20). The molecule has 4 heterocycles. The number of carbonyl (C=O) groups is 1. The second-order valence-electron chi connectivity index (χ2n) is 6.37. The highest BCUT2D eigenvalue weighted by molar-refractivity contribution is 7.15. The number of piperazine rings is 1. The summed E-state index contributed by atoms with van der Waals surface area (Å²) in [5.74, 6) is 0.0438. The summed E-state index contributed by atoms with van der Waals surface area (Å²) in [5, 5.41) is 11.7. The molecule has 1 amide bonds. The molecule has 24 heavy (non-hydrogen) atoms. The number of thiazole rings is 1. The third-order valence-electron chi connectivity index (χ3n) is 4.86. The van der Waals surface area contributed by atoms with Gasteiger partial charge in [-0.2, -0.15) is 5.10 Å². The highest BCUT2D eigenvalue weighted by Gasteiger charge is 2.28. The van der Waals surface area contributed by atoms with E-state index in [0.29, 0.717) is 18.8 Å². The number of rotatable bonds is 2. The second kappa shape index (κ2) is 6.18. The second-order valence-corrected chi connectivity index (χ2v) is 7.56. The third kappa shape index (κ3) is 2.69. The zero-order chi connectivity index (χ0) is 16.7. The maximum absolute atomic E-state index is 12.8. The van der Waals surface area contributed by atoms with E-state index in [-0.39, 0.29) is 5.91 Å². The molecule has 2 aromatic rings. The van der Waals surface area contributed by atoms with Crippen molar-refractivity contribution in [2.45, 2.75) is 26.8 Å². The highest BCUT2D eigenvalue weighted by atomic mass is 32.1. The molecule has 8 heteroatoms. The summed E-state index contributed by atoms with van der Waals surface area (Å²) in [6.07, 6.45) is 0.909. The molecular formula is C16H22N6OS. The fraction of sp³-hybridized carbons (Fsp3) is 0.562. The number of anilines is 1. The number of aryl methyl sites for hydroxylation is 2. The lowest BCUT2D eigenvalue weighted by Crippen LogP contribution is -2.49. The van der Waals surface area contributed by atoms with Crippen molar-refractivity contribution >= 4 is 22.4 Å². The number of hydrogen-bond acceptors (Lipinski definition) is 6. The van der Waals surface area contributed by atoms with Crippen LogP contribution >= 0.6 is 11.3 Å². The van der Waals surface area contributed by atoms with Crippen molar-refractivity contribution in [2.24, 2.45) is 0 Å². The summed E-state index contributed by atoms with van der Waals surface area (Å²) >= 11 is 1.73. The van der Waals surface area contributed by atoms with E-state index in [1.165, 1.54) is 4.88 Å². The SMILES string of the molecule is Cc1nc(N2CCN(C(=O)c3n[nH]c4c3CNCC4)CC2)sc1C. The monoisotopic (exact) mass is 346 g/mol. The van der Waals surface area contributed by atoms with Gasteiger partial charge in [0.1, 0.15) is 0 Å². The average Bonchev–Trinajstić information content (AvgIpc) is 3.18.